The van der Waals surface area contributed by atoms with Crippen LogP contribution in [-0.2, 0) is 4.74 Å². The molecule has 0 unspecified atom stereocenters. The number of amides is 1. The van der Waals surface area contributed by atoms with E-state index in [-0.39, 0.29) is 22.5 Å². The third kappa shape index (κ3) is 4.06. The number of anilines is 3. The van der Waals surface area contributed by atoms with Crippen molar-refractivity contribution in [2.75, 3.05) is 36.5 Å². The highest BCUT2D eigenvalue weighted by Gasteiger charge is 2.17. The number of hydrogen-bond acceptors (Lipinski definition) is 6. The van der Waals surface area contributed by atoms with E-state index >= 15 is 0 Å². The molecule has 3 N–H and O–H groups in total. The van der Waals surface area contributed by atoms with Crippen molar-refractivity contribution < 1.29 is 18.3 Å². The smallest absolute Gasteiger partial charge is 0.252 e. The second-order valence-corrected chi connectivity index (χ2v) is 6.70. The lowest BCUT2D eigenvalue weighted by atomic mass is 10.1. The van der Waals surface area contributed by atoms with Gasteiger partial charge in [0, 0.05) is 19.3 Å². The number of pyridine rings is 2. The molecule has 1 aromatic carbocycles. The lowest BCUT2D eigenvalue weighted by molar-refractivity contribution is 0.100. The molecule has 2 aromatic heterocycles. The van der Waals surface area contributed by atoms with Crippen molar-refractivity contribution in [3.05, 3.63) is 66.0 Å². The van der Waals surface area contributed by atoms with Gasteiger partial charge in [-0.1, -0.05) is 6.07 Å². The SMILES string of the molecule is NC(=O)c1cnc(-c2c(F)cccc2F)cc1Nc1ccc(N2CCOCC2)cn1. The molecule has 0 bridgehead atoms. The van der Waals surface area contributed by atoms with Gasteiger partial charge in [0.1, 0.15) is 17.5 Å². The number of primary amides is 1. The number of halogens is 2. The summed E-state index contributed by atoms with van der Waals surface area (Å²) in [5.41, 5.74) is 6.45. The second-order valence-electron chi connectivity index (χ2n) is 6.70. The van der Waals surface area contributed by atoms with Crippen LogP contribution in [0.1, 0.15) is 10.4 Å². The fourth-order valence-corrected chi connectivity index (χ4v) is 3.24. The van der Waals surface area contributed by atoms with Gasteiger partial charge in [-0.15, -0.1) is 0 Å². The summed E-state index contributed by atoms with van der Waals surface area (Å²) < 4.78 is 33.7. The van der Waals surface area contributed by atoms with Gasteiger partial charge in [-0.05, 0) is 30.3 Å². The van der Waals surface area contributed by atoms with Gasteiger partial charge in [-0.2, -0.15) is 0 Å². The summed E-state index contributed by atoms with van der Waals surface area (Å²) in [5.74, 6) is -1.79. The van der Waals surface area contributed by atoms with E-state index in [1.165, 1.54) is 18.3 Å². The minimum Gasteiger partial charge on any atom is -0.378 e. The van der Waals surface area contributed by atoms with Crippen LogP contribution in [0, 0.1) is 11.6 Å². The largest absolute Gasteiger partial charge is 0.378 e. The van der Waals surface area contributed by atoms with Crippen LogP contribution in [0.25, 0.3) is 11.3 Å². The molecule has 1 amide bonds. The molecule has 3 aromatic rings. The molecule has 3 heterocycles. The predicted octanol–water partition coefficient (Wildman–Crippen LogP) is 3.10. The van der Waals surface area contributed by atoms with E-state index in [9.17, 15) is 13.6 Å². The number of ether oxygens (including phenoxy) is 1. The summed E-state index contributed by atoms with van der Waals surface area (Å²) in [6.45, 7) is 2.88. The summed E-state index contributed by atoms with van der Waals surface area (Å²) in [6.07, 6.45) is 2.89. The Morgan fingerprint density at radius 2 is 1.80 bits per heavy atom. The van der Waals surface area contributed by atoms with E-state index in [1.807, 2.05) is 6.07 Å². The molecule has 1 saturated heterocycles. The van der Waals surface area contributed by atoms with Crippen LogP contribution in [0.5, 0.6) is 0 Å². The maximum Gasteiger partial charge on any atom is 0.252 e. The fourth-order valence-electron chi connectivity index (χ4n) is 3.24. The Bertz CT molecular complexity index is 1050. The zero-order valence-corrected chi connectivity index (χ0v) is 15.9. The molecule has 0 atom stereocenters. The number of nitrogens with two attached hydrogens (primary N) is 1. The maximum absolute atomic E-state index is 14.2. The van der Waals surface area contributed by atoms with E-state index in [0.717, 1.165) is 30.9 Å². The topological polar surface area (TPSA) is 93.4 Å². The highest BCUT2D eigenvalue weighted by atomic mass is 19.1. The van der Waals surface area contributed by atoms with E-state index in [0.29, 0.717) is 19.0 Å². The van der Waals surface area contributed by atoms with E-state index in [1.54, 1.807) is 12.3 Å². The van der Waals surface area contributed by atoms with Gasteiger partial charge >= 0.3 is 0 Å². The van der Waals surface area contributed by atoms with Gasteiger partial charge in [0.2, 0.25) is 0 Å². The van der Waals surface area contributed by atoms with Crippen molar-refractivity contribution in [1.29, 1.82) is 0 Å². The molecule has 0 saturated carbocycles. The molecule has 7 nitrogen and oxygen atoms in total. The van der Waals surface area contributed by atoms with E-state index < -0.39 is 17.5 Å². The molecule has 30 heavy (non-hydrogen) atoms. The van der Waals surface area contributed by atoms with Crippen LogP contribution in [0.15, 0.2) is 48.8 Å². The number of carbonyl (C=O) groups excluding carboxylic acids is 1. The number of aromatic nitrogens is 2. The third-order valence-corrected chi connectivity index (χ3v) is 4.78. The monoisotopic (exact) mass is 411 g/mol. The van der Waals surface area contributed by atoms with Crippen LogP contribution in [0.4, 0.5) is 26.0 Å². The first kappa shape index (κ1) is 19.7. The Morgan fingerprint density at radius 1 is 1.07 bits per heavy atom. The second kappa shape index (κ2) is 8.42. The van der Waals surface area contributed by atoms with Crippen molar-refractivity contribution in [2.24, 2.45) is 5.73 Å². The van der Waals surface area contributed by atoms with Crippen LogP contribution in [0.2, 0.25) is 0 Å². The van der Waals surface area contributed by atoms with Crippen LogP contribution >= 0.6 is 0 Å². The Labute approximate surface area is 171 Å². The molecule has 0 spiro atoms. The third-order valence-electron chi connectivity index (χ3n) is 4.78. The first-order valence-electron chi connectivity index (χ1n) is 9.33. The minimum atomic E-state index is -0.756. The molecule has 1 aliphatic heterocycles. The van der Waals surface area contributed by atoms with Gasteiger partial charge in [-0.3, -0.25) is 9.78 Å². The van der Waals surface area contributed by atoms with E-state index in [4.69, 9.17) is 10.5 Å². The summed E-state index contributed by atoms with van der Waals surface area (Å²) in [4.78, 5) is 22.3. The van der Waals surface area contributed by atoms with Crippen LogP contribution in [0.3, 0.4) is 0 Å². The number of hydrogen-bond donors (Lipinski definition) is 2. The molecular formula is C21H19F2N5O2. The molecule has 9 heteroatoms. The minimum absolute atomic E-state index is 0.0306. The number of nitrogens with one attached hydrogen (secondary N) is 1. The molecule has 0 radical (unpaired) electrons. The number of carbonyl (C=O) groups is 1. The lowest BCUT2D eigenvalue weighted by Gasteiger charge is -2.28. The average Bonchev–Trinajstić information content (AvgIpc) is 2.75. The first-order valence-corrected chi connectivity index (χ1v) is 9.33. The highest BCUT2D eigenvalue weighted by molar-refractivity contribution is 5.99. The van der Waals surface area contributed by atoms with Gasteiger partial charge in [-0.25, -0.2) is 13.8 Å². The number of benzene rings is 1. The fraction of sp³-hybridized carbons (Fsp3) is 0.190. The predicted molar refractivity (Wildman–Crippen MR) is 109 cm³/mol. The molecular weight excluding hydrogens is 392 g/mol. The molecule has 4 rings (SSSR count). The lowest BCUT2D eigenvalue weighted by Crippen LogP contribution is -2.36. The summed E-state index contributed by atoms with van der Waals surface area (Å²) in [5, 5.41) is 2.99. The van der Waals surface area contributed by atoms with Crippen molar-refractivity contribution in [2.45, 2.75) is 0 Å². The number of morpholine rings is 1. The van der Waals surface area contributed by atoms with Crippen LogP contribution < -0.4 is 16.0 Å². The van der Waals surface area contributed by atoms with Crippen molar-refractivity contribution in [1.82, 2.24) is 9.97 Å². The molecule has 154 valence electrons. The van der Waals surface area contributed by atoms with E-state index in [2.05, 4.69) is 20.2 Å². The molecule has 1 aliphatic rings. The maximum atomic E-state index is 14.2. The summed E-state index contributed by atoms with van der Waals surface area (Å²) >= 11 is 0. The van der Waals surface area contributed by atoms with Crippen molar-refractivity contribution in [3.8, 4) is 11.3 Å². The quantitative estimate of drug-likeness (QED) is 0.670. The highest BCUT2D eigenvalue weighted by Crippen LogP contribution is 2.29. The van der Waals surface area contributed by atoms with Crippen molar-refractivity contribution >= 4 is 23.1 Å². The van der Waals surface area contributed by atoms with Gasteiger partial charge in [0.25, 0.3) is 5.91 Å². The zero-order valence-electron chi connectivity index (χ0n) is 15.9. The van der Waals surface area contributed by atoms with Gasteiger partial charge in [0.15, 0.2) is 0 Å². The number of nitrogens with zero attached hydrogens (tertiary/aromatic N) is 3. The first-order chi connectivity index (χ1) is 14.5. The molecule has 0 aliphatic carbocycles. The Kier molecular flexibility index (Phi) is 5.53. The Hall–Kier alpha value is -3.59. The summed E-state index contributed by atoms with van der Waals surface area (Å²) in [6, 6.07) is 8.56. The van der Waals surface area contributed by atoms with Gasteiger partial charge in [0.05, 0.1) is 47.6 Å². The average molecular weight is 411 g/mol. The van der Waals surface area contributed by atoms with Crippen molar-refractivity contribution in [3.63, 3.8) is 0 Å². The van der Waals surface area contributed by atoms with Crippen LogP contribution in [-0.4, -0.2) is 42.2 Å². The summed E-state index contributed by atoms with van der Waals surface area (Å²) in [7, 11) is 0. The zero-order chi connectivity index (χ0) is 21.1. The Balaban J connectivity index is 1.65. The normalized spacial score (nSPS) is 13.9. The number of rotatable bonds is 5. The van der Waals surface area contributed by atoms with Gasteiger partial charge < -0.3 is 20.7 Å². The molecule has 1 fully saturated rings. The standard InChI is InChI=1S/C21H19F2N5O2/c22-15-2-1-3-16(23)20(15)18-10-17(14(12-25-18)21(24)29)27-19-5-4-13(11-26-19)28-6-8-30-9-7-28/h1-5,10-12H,6-9H2,(H2,24,29)(H,25,26,27). The Morgan fingerprint density at radius 3 is 2.43 bits per heavy atom.